The van der Waals surface area contributed by atoms with Crippen LogP contribution in [0.4, 0.5) is 0 Å². The number of hydrogen-bond acceptors (Lipinski definition) is 3. The van der Waals surface area contributed by atoms with Crippen molar-refractivity contribution in [2.75, 3.05) is 18.8 Å². The molecule has 1 saturated heterocycles. The number of hydrogen-bond donors (Lipinski definition) is 1. The Hall–Kier alpha value is -0.450. The zero-order valence-electron chi connectivity index (χ0n) is 9.69. The lowest BCUT2D eigenvalue weighted by atomic mass is 10.0. The third-order valence-electron chi connectivity index (χ3n) is 3.00. The van der Waals surface area contributed by atoms with E-state index >= 15 is 0 Å². The van der Waals surface area contributed by atoms with Gasteiger partial charge in [0.1, 0.15) is 5.15 Å². The van der Waals surface area contributed by atoms with Crippen LogP contribution in [0.1, 0.15) is 18.4 Å². The predicted octanol–water partition coefficient (Wildman–Crippen LogP) is 1.98. The van der Waals surface area contributed by atoms with Gasteiger partial charge in [0, 0.05) is 22.7 Å². The predicted molar refractivity (Wildman–Crippen MR) is 71.6 cm³/mol. The number of aromatic nitrogens is 1. The molecule has 0 bridgehead atoms. The van der Waals surface area contributed by atoms with Gasteiger partial charge in [0.2, 0.25) is 0 Å². The van der Waals surface area contributed by atoms with E-state index in [2.05, 4.69) is 10.3 Å². The van der Waals surface area contributed by atoms with E-state index in [4.69, 9.17) is 11.6 Å². The molecule has 1 fully saturated rings. The molecular formula is C12H17ClN2OS. The zero-order chi connectivity index (χ0) is 12.1. The molecule has 1 atom stereocenters. The Morgan fingerprint density at radius 3 is 2.82 bits per heavy atom. The summed E-state index contributed by atoms with van der Waals surface area (Å²) in [6.45, 7) is 2.12. The van der Waals surface area contributed by atoms with E-state index in [0.717, 1.165) is 37.2 Å². The van der Waals surface area contributed by atoms with Crippen LogP contribution in [-0.4, -0.2) is 28.0 Å². The van der Waals surface area contributed by atoms with Crippen LogP contribution in [0.3, 0.4) is 0 Å². The summed E-state index contributed by atoms with van der Waals surface area (Å²) in [4.78, 5) is 4.00. The molecule has 1 aliphatic heterocycles. The van der Waals surface area contributed by atoms with Crippen LogP contribution in [0, 0.1) is 5.92 Å². The summed E-state index contributed by atoms with van der Waals surface area (Å²) in [5.41, 5.74) is 1.00. The molecule has 1 N–H and O–H groups in total. The first-order valence-electron chi connectivity index (χ1n) is 5.90. The van der Waals surface area contributed by atoms with Crippen LogP contribution >= 0.6 is 11.6 Å². The molecule has 2 rings (SSSR count). The SMILES string of the molecule is O=[S@](Cc1ccc(Cl)nc1)CC1CCNCC1. The third-order valence-corrected chi connectivity index (χ3v) is 4.72. The number of halogens is 1. The van der Waals surface area contributed by atoms with Crippen molar-refractivity contribution in [1.29, 1.82) is 0 Å². The van der Waals surface area contributed by atoms with Crippen LogP contribution in [0.5, 0.6) is 0 Å². The Morgan fingerprint density at radius 2 is 2.18 bits per heavy atom. The minimum atomic E-state index is -0.786. The first kappa shape index (κ1) is 13.0. The Morgan fingerprint density at radius 1 is 1.41 bits per heavy atom. The van der Waals surface area contributed by atoms with Crippen molar-refractivity contribution in [3.8, 4) is 0 Å². The molecule has 1 aliphatic rings. The van der Waals surface area contributed by atoms with Gasteiger partial charge in [0.15, 0.2) is 0 Å². The van der Waals surface area contributed by atoms with E-state index in [1.165, 1.54) is 0 Å². The summed E-state index contributed by atoms with van der Waals surface area (Å²) in [6, 6.07) is 3.65. The molecule has 0 unspecified atom stereocenters. The summed E-state index contributed by atoms with van der Waals surface area (Å²) >= 11 is 5.71. The molecule has 1 aromatic heterocycles. The summed E-state index contributed by atoms with van der Waals surface area (Å²) in [6.07, 6.45) is 4.00. The van der Waals surface area contributed by atoms with E-state index in [1.807, 2.05) is 6.07 Å². The Kier molecular flexibility index (Phi) is 4.95. The van der Waals surface area contributed by atoms with E-state index in [9.17, 15) is 4.21 Å². The maximum atomic E-state index is 12.0. The third kappa shape index (κ3) is 4.37. The molecule has 94 valence electrons. The topological polar surface area (TPSA) is 42.0 Å². The number of nitrogens with one attached hydrogen (secondary N) is 1. The van der Waals surface area contributed by atoms with Crippen molar-refractivity contribution < 1.29 is 4.21 Å². The fourth-order valence-corrected chi connectivity index (χ4v) is 3.68. The van der Waals surface area contributed by atoms with Crippen LogP contribution in [0.25, 0.3) is 0 Å². The van der Waals surface area contributed by atoms with Crippen LogP contribution in [0.2, 0.25) is 5.15 Å². The largest absolute Gasteiger partial charge is 0.317 e. The standard InChI is InChI=1S/C12H17ClN2OS/c13-12-2-1-11(7-15-12)9-17(16)8-10-3-5-14-6-4-10/h1-2,7,10,14H,3-6,8-9H2/t17-/m0/s1. The van der Waals surface area contributed by atoms with E-state index in [-0.39, 0.29) is 0 Å². The highest BCUT2D eigenvalue weighted by molar-refractivity contribution is 7.84. The molecule has 3 nitrogen and oxygen atoms in total. The second kappa shape index (κ2) is 6.47. The van der Waals surface area contributed by atoms with Crippen molar-refractivity contribution in [3.63, 3.8) is 0 Å². The van der Waals surface area contributed by atoms with E-state index in [1.54, 1.807) is 12.3 Å². The molecule has 2 heterocycles. The number of rotatable bonds is 4. The Balaban J connectivity index is 1.82. The monoisotopic (exact) mass is 272 g/mol. The number of piperidine rings is 1. The van der Waals surface area contributed by atoms with Crippen molar-refractivity contribution in [3.05, 3.63) is 29.0 Å². The summed E-state index contributed by atoms with van der Waals surface area (Å²) in [5.74, 6) is 2.01. The Labute approximate surface area is 109 Å². The lowest BCUT2D eigenvalue weighted by Gasteiger charge is -2.21. The van der Waals surface area contributed by atoms with Gasteiger partial charge in [0.25, 0.3) is 0 Å². The highest BCUT2D eigenvalue weighted by atomic mass is 35.5. The fourth-order valence-electron chi connectivity index (χ4n) is 2.05. The van der Waals surface area contributed by atoms with Crippen molar-refractivity contribution in [2.45, 2.75) is 18.6 Å². The van der Waals surface area contributed by atoms with Crippen LogP contribution in [-0.2, 0) is 16.6 Å². The molecule has 17 heavy (non-hydrogen) atoms. The molecule has 1 aromatic rings. The molecule has 0 amide bonds. The zero-order valence-corrected chi connectivity index (χ0v) is 11.3. The average molecular weight is 273 g/mol. The average Bonchev–Trinajstić information content (AvgIpc) is 2.33. The maximum Gasteiger partial charge on any atom is 0.129 e. The number of nitrogens with zero attached hydrogens (tertiary/aromatic N) is 1. The lowest BCUT2D eigenvalue weighted by Crippen LogP contribution is -2.30. The van der Waals surface area contributed by atoms with Gasteiger partial charge in [-0.05, 0) is 43.5 Å². The van der Waals surface area contributed by atoms with Crippen LogP contribution in [0.15, 0.2) is 18.3 Å². The van der Waals surface area contributed by atoms with Gasteiger partial charge in [-0.15, -0.1) is 0 Å². The van der Waals surface area contributed by atoms with Crippen molar-refractivity contribution in [2.24, 2.45) is 5.92 Å². The highest BCUT2D eigenvalue weighted by Gasteiger charge is 2.16. The van der Waals surface area contributed by atoms with E-state index in [0.29, 0.717) is 16.8 Å². The lowest BCUT2D eigenvalue weighted by molar-refractivity contribution is 0.405. The Bertz CT molecular complexity index is 377. The quantitative estimate of drug-likeness (QED) is 0.853. The van der Waals surface area contributed by atoms with Gasteiger partial charge < -0.3 is 5.32 Å². The van der Waals surface area contributed by atoms with Gasteiger partial charge in [-0.2, -0.15) is 0 Å². The molecule has 0 spiro atoms. The van der Waals surface area contributed by atoms with Gasteiger partial charge >= 0.3 is 0 Å². The maximum absolute atomic E-state index is 12.0. The smallest absolute Gasteiger partial charge is 0.129 e. The minimum absolute atomic E-state index is 0.484. The number of pyridine rings is 1. The second-order valence-electron chi connectivity index (χ2n) is 4.43. The molecule has 0 radical (unpaired) electrons. The first-order chi connectivity index (χ1) is 8.24. The molecule has 0 aromatic carbocycles. The molecule has 0 aliphatic carbocycles. The molecular weight excluding hydrogens is 256 g/mol. The second-order valence-corrected chi connectivity index (χ2v) is 6.32. The van der Waals surface area contributed by atoms with Crippen LogP contribution < -0.4 is 5.32 Å². The molecule has 5 heteroatoms. The first-order valence-corrected chi connectivity index (χ1v) is 7.77. The highest BCUT2D eigenvalue weighted by Crippen LogP contribution is 2.15. The van der Waals surface area contributed by atoms with Gasteiger partial charge in [-0.25, -0.2) is 4.98 Å². The molecule has 0 saturated carbocycles. The fraction of sp³-hybridized carbons (Fsp3) is 0.583. The van der Waals surface area contributed by atoms with Gasteiger partial charge in [0.05, 0.1) is 5.75 Å². The van der Waals surface area contributed by atoms with Gasteiger partial charge in [-0.3, -0.25) is 4.21 Å². The minimum Gasteiger partial charge on any atom is -0.317 e. The van der Waals surface area contributed by atoms with Crippen molar-refractivity contribution in [1.82, 2.24) is 10.3 Å². The van der Waals surface area contributed by atoms with Crippen molar-refractivity contribution >= 4 is 22.4 Å². The van der Waals surface area contributed by atoms with E-state index < -0.39 is 10.8 Å². The van der Waals surface area contributed by atoms with Gasteiger partial charge in [-0.1, -0.05) is 17.7 Å². The normalized spacial score (nSPS) is 19.1. The summed E-state index contributed by atoms with van der Waals surface area (Å²) in [7, 11) is -0.786. The summed E-state index contributed by atoms with van der Waals surface area (Å²) in [5, 5.41) is 3.80. The summed E-state index contributed by atoms with van der Waals surface area (Å²) < 4.78 is 12.0.